The van der Waals surface area contributed by atoms with Crippen LogP contribution in [-0.2, 0) is 15.3 Å². The van der Waals surface area contributed by atoms with Crippen molar-refractivity contribution in [1.29, 1.82) is 0 Å². The largest absolute Gasteiger partial charge is 0.497 e. The molecule has 0 fully saturated rings. The Bertz CT molecular complexity index is 598. The summed E-state index contributed by atoms with van der Waals surface area (Å²) in [5.74, 6) is 1.71. The normalized spacial score (nSPS) is 10.4. The van der Waals surface area contributed by atoms with Crippen LogP contribution in [0.4, 0.5) is 0 Å². The lowest BCUT2D eigenvalue weighted by molar-refractivity contribution is -0.139. The predicted octanol–water partition coefficient (Wildman–Crippen LogP) is 3.62. The van der Waals surface area contributed by atoms with E-state index in [0.717, 1.165) is 22.0 Å². The lowest BCUT2D eigenvalue weighted by Crippen LogP contribution is -2.06. The van der Waals surface area contributed by atoms with Crippen molar-refractivity contribution < 1.29 is 14.3 Å². The SMILES string of the molecule is CCOC(=O)CSCc1csc(-c2cccc(OC)c2)n1. The molecular weight excluding hydrogens is 306 g/mol. The van der Waals surface area contributed by atoms with E-state index in [-0.39, 0.29) is 5.97 Å². The quantitative estimate of drug-likeness (QED) is 0.728. The first-order chi connectivity index (χ1) is 10.2. The Kier molecular flexibility index (Phi) is 6.07. The van der Waals surface area contributed by atoms with Crippen molar-refractivity contribution in [3.05, 3.63) is 35.3 Å². The first-order valence-electron chi connectivity index (χ1n) is 6.55. The van der Waals surface area contributed by atoms with E-state index in [4.69, 9.17) is 9.47 Å². The highest BCUT2D eigenvalue weighted by atomic mass is 32.2. The topological polar surface area (TPSA) is 48.4 Å². The summed E-state index contributed by atoms with van der Waals surface area (Å²) in [7, 11) is 1.65. The highest BCUT2D eigenvalue weighted by molar-refractivity contribution is 7.99. The maximum absolute atomic E-state index is 11.3. The van der Waals surface area contributed by atoms with Gasteiger partial charge in [0.1, 0.15) is 10.8 Å². The fourth-order valence-electron chi connectivity index (χ4n) is 1.70. The van der Waals surface area contributed by atoms with Crippen LogP contribution < -0.4 is 4.74 Å². The van der Waals surface area contributed by atoms with E-state index in [1.54, 1.807) is 18.4 Å². The lowest BCUT2D eigenvalue weighted by atomic mass is 10.2. The van der Waals surface area contributed by atoms with E-state index in [1.807, 2.05) is 36.6 Å². The van der Waals surface area contributed by atoms with Gasteiger partial charge in [-0.3, -0.25) is 4.79 Å². The summed E-state index contributed by atoms with van der Waals surface area (Å²) < 4.78 is 10.1. The molecule has 0 saturated carbocycles. The number of thiazole rings is 1. The van der Waals surface area contributed by atoms with Gasteiger partial charge in [0.25, 0.3) is 0 Å². The number of esters is 1. The van der Waals surface area contributed by atoms with Crippen LogP contribution in [0.2, 0.25) is 0 Å². The molecule has 0 saturated heterocycles. The van der Waals surface area contributed by atoms with Gasteiger partial charge < -0.3 is 9.47 Å². The maximum atomic E-state index is 11.3. The highest BCUT2D eigenvalue weighted by Gasteiger charge is 2.07. The van der Waals surface area contributed by atoms with Gasteiger partial charge in [-0.25, -0.2) is 4.98 Å². The van der Waals surface area contributed by atoms with E-state index >= 15 is 0 Å². The number of nitrogens with zero attached hydrogens (tertiary/aromatic N) is 1. The zero-order valence-corrected chi connectivity index (χ0v) is 13.6. The van der Waals surface area contributed by atoms with Gasteiger partial charge in [0.2, 0.25) is 0 Å². The number of carbonyl (C=O) groups is 1. The molecule has 0 atom stereocenters. The fraction of sp³-hybridized carbons (Fsp3) is 0.333. The smallest absolute Gasteiger partial charge is 0.315 e. The van der Waals surface area contributed by atoms with Gasteiger partial charge in [-0.15, -0.1) is 23.1 Å². The van der Waals surface area contributed by atoms with Crippen molar-refractivity contribution in [2.24, 2.45) is 0 Å². The summed E-state index contributed by atoms with van der Waals surface area (Å²) in [5, 5.41) is 2.98. The first kappa shape index (κ1) is 15.9. The number of rotatable bonds is 7. The van der Waals surface area contributed by atoms with Gasteiger partial charge >= 0.3 is 5.97 Å². The van der Waals surface area contributed by atoms with Crippen LogP contribution in [0.3, 0.4) is 0 Å². The third-order valence-corrected chi connectivity index (χ3v) is 4.52. The van der Waals surface area contributed by atoms with Crippen LogP contribution in [0.25, 0.3) is 10.6 Å². The number of aromatic nitrogens is 1. The van der Waals surface area contributed by atoms with Crippen molar-refractivity contribution in [3.8, 4) is 16.3 Å². The number of benzene rings is 1. The molecule has 0 bridgehead atoms. The molecule has 6 heteroatoms. The molecule has 0 aliphatic carbocycles. The number of carbonyl (C=O) groups excluding carboxylic acids is 1. The Morgan fingerprint density at radius 2 is 2.29 bits per heavy atom. The molecule has 0 unspecified atom stereocenters. The number of ether oxygens (including phenoxy) is 2. The van der Waals surface area contributed by atoms with E-state index in [1.165, 1.54) is 11.8 Å². The van der Waals surface area contributed by atoms with Gasteiger partial charge in [0.05, 0.1) is 25.2 Å². The molecule has 0 aliphatic rings. The predicted molar refractivity (Wildman–Crippen MR) is 86.9 cm³/mol. The van der Waals surface area contributed by atoms with Gasteiger partial charge in [-0.1, -0.05) is 12.1 Å². The van der Waals surface area contributed by atoms with Crippen molar-refractivity contribution in [2.75, 3.05) is 19.5 Å². The van der Waals surface area contributed by atoms with Crippen molar-refractivity contribution >= 4 is 29.1 Å². The van der Waals surface area contributed by atoms with Crippen LogP contribution in [0.1, 0.15) is 12.6 Å². The highest BCUT2D eigenvalue weighted by Crippen LogP contribution is 2.28. The monoisotopic (exact) mass is 323 g/mol. The fourth-order valence-corrected chi connectivity index (χ4v) is 3.33. The van der Waals surface area contributed by atoms with Crippen LogP contribution in [0.5, 0.6) is 5.75 Å². The number of thioether (sulfide) groups is 1. The standard InChI is InChI=1S/C15H17NO3S2/c1-3-19-14(17)10-20-8-12-9-21-15(16-12)11-5-4-6-13(7-11)18-2/h4-7,9H,3,8,10H2,1-2H3. The summed E-state index contributed by atoms with van der Waals surface area (Å²) in [4.78, 5) is 15.8. The molecule has 1 aromatic heterocycles. The van der Waals surface area contributed by atoms with E-state index in [9.17, 15) is 4.79 Å². The zero-order chi connectivity index (χ0) is 15.1. The van der Waals surface area contributed by atoms with Gasteiger partial charge in [-0.05, 0) is 19.1 Å². The Labute approximate surface area is 132 Å². The molecule has 21 heavy (non-hydrogen) atoms. The van der Waals surface area contributed by atoms with Crippen LogP contribution >= 0.6 is 23.1 Å². The second-order valence-electron chi connectivity index (χ2n) is 4.17. The molecule has 4 nitrogen and oxygen atoms in total. The molecule has 0 N–H and O–H groups in total. The van der Waals surface area contributed by atoms with E-state index in [0.29, 0.717) is 18.1 Å². The zero-order valence-electron chi connectivity index (χ0n) is 12.0. The number of hydrogen-bond acceptors (Lipinski definition) is 6. The third-order valence-electron chi connectivity index (χ3n) is 2.64. The van der Waals surface area contributed by atoms with Crippen molar-refractivity contribution in [2.45, 2.75) is 12.7 Å². The van der Waals surface area contributed by atoms with Gasteiger partial charge in [0, 0.05) is 16.7 Å². The van der Waals surface area contributed by atoms with Crippen molar-refractivity contribution in [1.82, 2.24) is 4.98 Å². The summed E-state index contributed by atoms with van der Waals surface area (Å²) >= 11 is 3.11. The van der Waals surface area contributed by atoms with Gasteiger partial charge in [0.15, 0.2) is 0 Å². The minimum Gasteiger partial charge on any atom is -0.497 e. The Morgan fingerprint density at radius 3 is 3.05 bits per heavy atom. The molecule has 0 radical (unpaired) electrons. The lowest BCUT2D eigenvalue weighted by Gasteiger charge is -2.01. The number of hydrogen-bond donors (Lipinski definition) is 0. The Balaban J connectivity index is 1.93. The second-order valence-corrected chi connectivity index (χ2v) is 6.02. The molecule has 1 aromatic carbocycles. The molecular formula is C15H17NO3S2. The average Bonchev–Trinajstić information content (AvgIpc) is 2.96. The van der Waals surface area contributed by atoms with E-state index < -0.39 is 0 Å². The summed E-state index contributed by atoms with van der Waals surface area (Å²) in [6.07, 6.45) is 0. The van der Waals surface area contributed by atoms with Crippen LogP contribution in [0.15, 0.2) is 29.6 Å². The first-order valence-corrected chi connectivity index (χ1v) is 8.58. The molecule has 0 spiro atoms. The molecule has 0 amide bonds. The third kappa shape index (κ3) is 4.75. The maximum Gasteiger partial charge on any atom is 0.315 e. The second kappa shape index (κ2) is 8.05. The summed E-state index contributed by atoms with van der Waals surface area (Å²) in [5.41, 5.74) is 2.02. The Morgan fingerprint density at radius 1 is 1.43 bits per heavy atom. The van der Waals surface area contributed by atoms with E-state index in [2.05, 4.69) is 4.98 Å². The van der Waals surface area contributed by atoms with Crippen LogP contribution in [-0.4, -0.2) is 30.4 Å². The number of methoxy groups -OCH3 is 1. The average molecular weight is 323 g/mol. The molecule has 2 aromatic rings. The van der Waals surface area contributed by atoms with Crippen molar-refractivity contribution in [3.63, 3.8) is 0 Å². The Hall–Kier alpha value is -1.53. The van der Waals surface area contributed by atoms with Crippen LogP contribution in [0, 0.1) is 0 Å². The molecule has 0 aliphatic heterocycles. The molecule has 1 heterocycles. The minimum absolute atomic E-state index is 0.175. The molecule has 112 valence electrons. The summed E-state index contributed by atoms with van der Waals surface area (Å²) in [6.45, 7) is 2.24. The van der Waals surface area contributed by atoms with Gasteiger partial charge in [-0.2, -0.15) is 0 Å². The minimum atomic E-state index is -0.175. The summed E-state index contributed by atoms with van der Waals surface area (Å²) in [6, 6.07) is 7.84. The molecule has 2 rings (SSSR count).